The van der Waals surface area contributed by atoms with Crippen molar-refractivity contribution >= 4 is 21.2 Å². The van der Waals surface area contributed by atoms with E-state index in [2.05, 4.69) is 0 Å². The Morgan fingerprint density at radius 1 is 1.48 bits per heavy atom. The van der Waals surface area contributed by atoms with Gasteiger partial charge in [0.25, 0.3) is 5.69 Å². The molecule has 2 rings (SSSR count). The summed E-state index contributed by atoms with van der Waals surface area (Å²) in [5, 5.41) is 10.9. The molecule has 1 fully saturated rings. The van der Waals surface area contributed by atoms with Crippen LogP contribution in [0.3, 0.4) is 0 Å². The lowest BCUT2D eigenvalue weighted by atomic mass is 9.98. The quantitative estimate of drug-likeness (QED) is 0.660. The van der Waals surface area contributed by atoms with E-state index in [1.165, 1.54) is 18.2 Å². The topological polar surface area (TPSA) is 107 Å². The summed E-state index contributed by atoms with van der Waals surface area (Å²) < 4.78 is 23.8. The van der Waals surface area contributed by atoms with E-state index >= 15 is 0 Å². The third kappa shape index (κ3) is 3.51. The molecule has 0 radical (unpaired) electrons. The minimum Gasteiger partial charge on any atom is -0.370 e. The van der Waals surface area contributed by atoms with Crippen molar-refractivity contribution in [3.63, 3.8) is 0 Å². The molecular weight excluding hydrogens is 294 g/mol. The van der Waals surface area contributed by atoms with Crippen LogP contribution in [0.5, 0.6) is 0 Å². The molecule has 1 aliphatic heterocycles. The normalized spacial score (nSPS) is 19.5. The summed E-state index contributed by atoms with van der Waals surface area (Å²) >= 11 is 0. The second-order valence-corrected chi connectivity index (χ2v) is 7.36. The van der Waals surface area contributed by atoms with Crippen LogP contribution in [0.1, 0.15) is 12.8 Å². The molecule has 0 bridgehead atoms. The highest BCUT2D eigenvalue weighted by atomic mass is 32.2. The number of benzene rings is 1. The van der Waals surface area contributed by atoms with Crippen molar-refractivity contribution in [1.82, 2.24) is 0 Å². The summed E-state index contributed by atoms with van der Waals surface area (Å²) in [6.07, 6.45) is 3.01. The second-order valence-electron chi connectivity index (χ2n) is 5.37. The summed E-state index contributed by atoms with van der Waals surface area (Å²) in [5.74, 6) is 0.283. The summed E-state index contributed by atoms with van der Waals surface area (Å²) in [6, 6.07) is 3.88. The van der Waals surface area contributed by atoms with Crippen molar-refractivity contribution in [2.75, 3.05) is 30.8 Å². The Morgan fingerprint density at radius 2 is 2.19 bits per heavy atom. The van der Waals surface area contributed by atoms with E-state index in [4.69, 9.17) is 5.73 Å². The minimum absolute atomic E-state index is 0.104. The van der Waals surface area contributed by atoms with Crippen LogP contribution in [0.25, 0.3) is 0 Å². The number of anilines is 1. The van der Waals surface area contributed by atoms with Crippen molar-refractivity contribution in [1.29, 1.82) is 0 Å². The zero-order chi connectivity index (χ0) is 15.6. The van der Waals surface area contributed by atoms with Crippen LogP contribution in [0.15, 0.2) is 23.1 Å². The number of nitro benzene ring substituents is 1. The maximum absolute atomic E-state index is 11.9. The number of nitrogens with zero attached hydrogens (tertiary/aromatic N) is 2. The van der Waals surface area contributed by atoms with Crippen molar-refractivity contribution in [3.05, 3.63) is 28.3 Å². The zero-order valence-electron chi connectivity index (χ0n) is 11.9. The molecule has 21 heavy (non-hydrogen) atoms. The van der Waals surface area contributed by atoms with Gasteiger partial charge in [-0.1, -0.05) is 0 Å². The summed E-state index contributed by atoms with van der Waals surface area (Å²) in [7, 11) is -3.44. The first-order valence-electron chi connectivity index (χ1n) is 6.76. The Morgan fingerprint density at radius 3 is 2.76 bits per heavy atom. The van der Waals surface area contributed by atoms with E-state index in [0.29, 0.717) is 25.3 Å². The molecule has 2 N–H and O–H groups in total. The lowest BCUT2D eigenvalue weighted by Crippen LogP contribution is -2.39. The largest absolute Gasteiger partial charge is 0.370 e. The zero-order valence-corrected chi connectivity index (χ0v) is 12.7. The van der Waals surface area contributed by atoms with Crippen molar-refractivity contribution < 1.29 is 13.3 Å². The van der Waals surface area contributed by atoms with Gasteiger partial charge in [0.15, 0.2) is 9.84 Å². The first-order chi connectivity index (χ1) is 9.82. The Kier molecular flexibility index (Phi) is 4.48. The van der Waals surface area contributed by atoms with Gasteiger partial charge in [-0.2, -0.15) is 0 Å². The average Bonchev–Trinajstić information content (AvgIpc) is 2.45. The standard InChI is InChI=1S/C13H19N3O4S/c1-21(19,20)13-5-4-11(16(17)18)7-12(13)15-6-2-3-10(8-14)9-15/h4-5,7,10H,2-3,6,8-9,14H2,1H3. The first kappa shape index (κ1) is 15.7. The monoisotopic (exact) mass is 313 g/mol. The SMILES string of the molecule is CS(=O)(=O)c1ccc([N+](=O)[O-])cc1N1CCCC(CN)C1. The Bertz CT molecular complexity index is 645. The van der Waals surface area contributed by atoms with E-state index in [9.17, 15) is 18.5 Å². The van der Waals surface area contributed by atoms with Crippen LogP contribution >= 0.6 is 0 Å². The lowest BCUT2D eigenvalue weighted by Gasteiger charge is -2.34. The molecule has 0 spiro atoms. The molecule has 1 heterocycles. The average molecular weight is 313 g/mol. The summed E-state index contributed by atoms with van der Waals surface area (Å²) in [6.45, 7) is 1.83. The molecule has 1 saturated heterocycles. The number of hydrogen-bond acceptors (Lipinski definition) is 6. The summed E-state index contributed by atoms with van der Waals surface area (Å²) in [5.41, 5.74) is 6.00. The second kappa shape index (κ2) is 5.98. The van der Waals surface area contributed by atoms with E-state index in [1.54, 1.807) is 0 Å². The number of piperidine rings is 1. The maximum atomic E-state index is 11.9. The van der Waals surface area contributed by atoms with Crippen LogP contribution in [0.4, 0.5) is 11.4 Å². The summed E-state index contributed by atoms with van der Waals surface area (Å²) in [4.78, 5) is 12.4. The Hall–Kier alpha value is -1.67. The van der Waals surface area contributed by atoms with Crippen LogP contribution in [0.2, 0.25) is 0 Å². The van der Waals surface area contributed by atoms with Crippen LogP contribution in [-0.4, -0.2) is 39.2 Å². The number of hydrogen-bond donors (Lipinski definition) is 1. The van der Waals surface area contributed by atoms with E-state index < -0.39 is 14.8 Å². The van der Waals surface area contributed by atoms with Gasteiger partial charge < -0.3 is 10.6 Å². The molecular formula is C13H19N3O4S. The third-order valence-electron chi connectivity index (χ3n) is 3.75. The number of non-ortho nitro benzene ring substituents is 1. The highest BCUT2D eigenvalue weighted by Gasteiger charge is 2.25. The molecule has 0 saturated carbocycles. The van der Waals surface area contributed by atoms with Crippen molar-refractivity contribution in [3.8, 4) is 0 Å². The van der Waals surface area contributed by atoms with Gasteiger partial charge >= 0.3 is 0 Å². The molecule has 116 valence electrons. The van der Waals surface area contributed by atoms with Crippen LogP contribution < -0.4 is 10.6 Å². The smallest absolute Gasteiger partial charge is 0.271 e. The van der Waals surface area contributed by atoms with E-state index in [1.807, 2.05) is 4.90 Å². The molecule has 1 aromatic rings. The van der Waals surface area contributed by atoms with Crippen LogP contribution in [-0.2, 0) is 9.84 Å². The third-order valence-corrected chi connectivity index (χ3v) is 4.89. The van der Waals surface area contributed by atoms with Gasteiger partial charge in [0, 0.05) is 31.5 Å². The minimum atomic E-state index is -3.44. The molecule has 1 unspecified atom stereocenters. The number of sulfone groups is 1. The molecule has 7 nitrogen and oxygen atoms in total. The Labute approximate surface area is 123 Å². The van der Waals surface area contributed by atoms with E-state index in [-0.39, 0.29) is 16.5 Å². The number of nitrogens with two attached hydrogens (primary N) is 1. The number of rotatable bonds is 4. The fourth-order valence-corrected chi connectivity index (χ4v) is 3.54. The van der Waals surface area contributed by atoms with Gasteiger partial charge in [-0.3, -0.25) is 10.1 Å². The molecule has 0 amide bonds. The van der Waals surface area contributed by atoms with Gasteiger partial charge in [-0.25, -0.2) is 8.42 Å². The highest BCUT2D eigenvalue weighted by Crippen LogP contribution is 2.32. The number of nitro groups is 1. The van der Waals surface area contributed by atoms with E-state index in [0.717, 1.165) is 19.1 Å². The first-order valence-corrected chi connectivity index (χ1v) is 8.65. The molecule has 0 aliphatic carbocycles. The van der Waals surface area contributed by atoms with Gasteiger partial charge in [0.1, 0.15) is 0 Å². The predicted molar refractivity (Wildman–Crippen MR) is 80.2 cm³/mol. The fourth-order valence-electron chi connectivity index (χ4n) is 2.66. The van der Waals surface area contributed by atoms with Crippen molar-refractivity contribution in [2.45, 2.75) is 17.7 Å². The van der Waals surface area contributed by atoms with Gasteiger partial charge in [0.05, 0.1) is 15.5 Å². The fraction of sp³-hybridized carbons (Fsp3) is 0.538. The predicted octanol–water partition coefficient (Wildman–Crippen LogP) is 1.17. The lowest BCUT2D eigenvalue weighted by molar-refractivity contribution is -0.384. The maximum Gasteiger partial charge on any atom is 0.271 e. The van der Waals surface area contributed by atoms with Gasteiger partial charge in [-0.15, -0.1) is 0 Å². The van der Waals surface area contributed by atoms with Crippen LogP contribution in [0, 0.1) is 16.0 Å². The van der Waals surface area contributed by atoms with Gasteiger partial charge in [-0.05, 0) is 31.4 Å². The molecule has 1 aromatic carbocycles. The van der Waals surface area contributed by atoms with Crippen molar-refractivity contribution in [2.24, 2.45) is 11.7 Å². The molecule has 1 aliphatic rings. The molecule has 8 heteroatoms. The highest BCUT2D eigenvalue weighted by molar-refractivity contribution is 7.90. The molecule has 0 aromatic heterocycles. The Balaban J connectivity index is 2.48. The molecule has 1 atom stereocenters. The van der Waals surface area contributed by atoms with Gasteiger partial charge in [0.2, 0.25) is 0 Å².